The lowest BCUT2D eigenvalue weighted by Gasteiger charge is -2.18. The Bertz CT molecular complexity index is 774. The second-order valence-electron chi connectivity index (χ2n) is 5.91. The summed E-state index contributed by atoms with van der Waals surface area (Å²) in [6, 6.07) is -0.527. The van der Waals surface area contributed by atoms with Gasteiger partial charge < -0.3 is 10.1 Å². The van der Waals surface area contributed by atoms with E-state index in [4.69, 9.17) is 4.74 Å². The van der Waals surface area contributed by atoms with Gasteiger partial charge in [-0.25, -0.2) is 14.8 Å². The highest BCUT2D eigenvalue weighted by atomic mass is 32.1. The van der Waals surface area contributed by atoms with E-state index in [2.05, 4.69) is 27.5 Å². The smallest absolute Gasteiger partial charge is 0.321 e. The molecule has 0 aliphatic heterocycles. The summed E-state index contributed by atoms with van der Waals surface area (Å²) in [5.74, 6) is 0.578. The molecule has 1 aliphatic rings. The van der Waals surface area contributed by atoms with Crippen LogP contribution in [0.1, 0.15) is 30.7 Å². The summed E-state index contributed by atoms with van der Waals surface area (Å²) in [5, 5.41) is 5.61. The van der Waals surface area contributed by atoms with Gasteiger partial charge in [-0.15, -0.1) is 11.3 Å². The van der Waals surface area contributed by atoms with Crippen molar-refractivity contribution in [1.29, 1.82) is 0 Å². The molecule has 0 unspecified atom stereocenters. The lowest BCUT2D eigenvalue weighted by atomic mass is 9.89. The van der Waals surface area contributed by atoms with Gasteiger partial charge in [0.15, 0.2) is 6.61 Å². The van der Waals surface area contributed by atoms with E-state index >= 15 is 0 Å². The van der Waals surface area contributed by atoms with Crippen molar-refractivity contribution in [3.8, 4) is 5.88 Å². The van der Waals surface area contributed by atoms with Crippen LogP contribution in [0.25, 0.3) is 10.2 Å². The van der Waals surface area contributed by atoms with Gasteiger partial charge in [0, 0.05) is 11.4 Å². The van der Waals surface area contributed by atoms with Crippen LogP contribution >= 0.6 is 11.3 Å². The number of fused-ring (bicyclic) bond motifs is 3. The molecule has 24 heavy (non-hydrogen) atoms. The van der Waals surface area contributed by atoms with Gasteiger partial charge in [-0.05, 0) is 37.7 Å². The molecule has 3 amide bonds. The topological polar surface area (TPSA) is 93.2 Å². The number of ether oxygens (including phenoxy) is 1. The van der Waals surface area contributed by atoms with Crippen LogP contribution in [-0.4, -0.2) is 35.1 Å². The van der Waals surface area contributed by atoms with E-state index in [0.29, 0.717) is 18.3 Å². The highest BCUT2D eigenvalue weighted by Crippen LogP contribution is 2.40. The molecule has 7 nitrogen and oxygen atoms in total. The first-order valence-corrected chi connectivity index (χ1v) is 8.85. The summed E-state index contributed by atoms with van der Waals surface area (Å²) in [5.41, 5.74) is 1.24. The number of amides is 3. The number of thiophene rings is 1. The molecule has 0 saturated heterocycles. The third-order valence-electron chi connectivity index (χ3n) is 3.99. The molecule has 0 spiro atoms. The number of nitrogens with zero attached hydrogens (tertiary/aromatic N) is 2. The summed E-state index contributed by atoms with van der Waals surface area (Å²) < 4.78 is 5.57. The van der Waals surface area contributed by atoms with E-state index in [1.54, 1.807) is 18.3 Å². The lowest BCUT2D eigenvalue weighted by molar-refractivity contribution is -0.122. The number of hydrogen-bond acceptors (Lipinski definition) is 6. The maximum absolute atomic E-state index is 11.8. The number of rotatable bonds is 4. The van der Waals surface area contributed by atoms with Gasteiger partial charge >= 0.3 is 6.03 Å². The lowest BCUT2D eigenvalue weighted by Crippen LogP contribution is -2.41. The van der Waals surface area contributed by atoms with Crippen LogP contribution in [0.2, 0.25) is 0 Å². The number of aromatic nitrogens is 2. The zero-order valence-corrected chi connectivity index (χ0v) is 14.5. The average molecular weight is 348 g/mol. The molecule has 3 rings (SSSR count). The van der Waals surface area contributed by atoms with E-state index in [1.165, 1.54) is 16.8 Å². The molecule has 0 bridgehead atoms. The fraction of sp³-hybridized carbons (Fsp3) is 0.500. The minimum atomic E-state index is -0.527. The number of carbonyl (C=O) groups is 2. The highest BCUT2D eigenvalue weighted by molar-refractivity contribution is 7.18. The Hall–Kier alpha value is -2.22. The molecule has 2 aromatic rings. The Morgan fingerprint density at radius 3 is 3.04 bits per heavy atom. The molecular formula is C16H20N4O3S. The highest BCUT2D eigenvalue weighted by Gasteiger charge is 2.24. The molecule has 0 radical (unpaired) electrons. The maximum Gasteiger partial charge on any atom is 0.321 e. The van der Waals surface area contributed by atoms with Gasteiger partial charge in [-0.1, -0.05) is 6.92 Å². The Kier molecular flexibility index (Phi) is 4.94. The minimum Gasteiger partial charge on any atom is -0.467 e. The van der Waals surface area contributed by atoms with Crippen molar-refractivity contribution in [2.75, 3.05) is 13.2 Å². The molecule has 2 heterocycles. The first kappa shape index (κ1) is 16.6. The van der Waals surface area contributed by atoms with E-state index in [0.717, 1.165) is 29.5 Å². The zero-order valence-electron chi connectivity index (χ0n) is 13.7. The summed E-state index contributed by atoms with van der Waals surface area (Å²) >= 11 is 1.67. The van der Waals surface area contributed by atoms with Crippen molar-refractivity contribution < 1.29 is 14.3 Å². The van der Waals surface area contributed by atoms with Crippen LogP contribution < -0.4 is 15.4 Å². The SMILES string of the molecule is CCNC(=O)NC(=O)COc1ncnc2sc3c(c12)CC[C@H](C)C3. The Labute approximate surface area is 143 Å². The minimum absolute atomic E-state index is 0.260. The number of aryl methyl sites for hydroxylation is 1. The molecule has 8 heteroatoms. The van der Waals surface area contributed by atoms with E-state index in [-0.39, 0.29) is 6.61 Å². The van der Waals surface area contributed by atoms with E-state index in [1.807, 2.05) is 0 Å². The molecule has 1 aliphatic carbocycles. The van der Waals surface area contributed by atoms with Gasteiger partial charge in [0.1, 0.15) is 11.2 Å². The second kappa shape index (κ2) is 7.12. The first-order valence-electron chi connectivity index (χ1n) is 8.04. The molecule has 1 atom stereocenters. The number of urea groups is 1. The fourth-order valence-corrected chi connectivity index (χ4v) is 4.20. The zero-order chi connectivity index (χ0) is 17.1. The Balaban J connectivity index is 1.75. The van der Waals surface area contributed by atoms with Crippen LogP contribution in [0.5, 0.6) is 5.88 Å². The molecule has 2 N–H and O–H groups in total. The monoisotopic (exact) mass is 348 g/mol. The quantitative estimate of drug-likeness (QED) is 0.882. The molecular weight excluding hydrogens is 328 g/mol. The third kappa shape index (κ3) is 3.48. The van der Waals surface area contributed by atoms with E-state index in [9.17, 15) is 9.59 Å². The molecule has 2 aromatic heterocycles. The molecule has 0 saturated carbocycles. The number of imide groups is 1. The van der Waals surface area contributed by atoms with Crippen LogP contribution in [0.3, 0.4) is 0 Å². The number of hydrogen-bond donors (Lipinski definition) is 2. The van der Waals surface area contributed by atoms with Crippen molar-refractivity contribution in [3.05, 3.63) is 16.8 Å². The third-order valence-corrected chi connectivity index (χ3v) is 5.15. The van der Waals surface area contributed by atoms with Crippen LogP contribution in [0.4, 0.5) is 4.79 Å². The Morgan fingerprint density at radius 2 is 2.25 bits per heavy atom. The maximum atomic E-state index is 11.8. The molecule has 0 aromatic carbocycles. The van der Waals surface area contributed by atoms with Crippen LogP contribution in [0, 0.1) is 5.92 Å². The predicted octanol–water partition coefficient (Wildman–Crippen LogP) is 2.04. The fourth-order valence-electron chi connectivity index (χ4n) is 2.86. The first-order chi connectivity index (χ1) is 11.6. The number of nitrogens with one attached hydrogen (secondary N) is 2. The van der Waals surface area contributed by atoms with Gasteiger partial charge in [0.05, 0.1) is 5.39 Å². The van der Waals surface area contributed by atoms with Gasteiger partial charge in [0.2, 0.25) is 5.88 Å². The number of carbonyl (C=O) groups excluding carboxylic acids is 2. The molecule has 128 valence electrons. The van der Waals surface area contributed by atoms with E-state index < -0.39 is 11.9 Å². The van der Waals surface area contributed by atoms with Crippen molar-refractivity contribution in [2.45, 2.75) is 33.1 Å². The van der Waals surface area contributed by atoms with Gasteiger partial charge in [-0.2, -0.15) is 0 Å². The largest absolute Gasteiger partial charge is 0.467 e. The predicted molar refractivity (Wildman–Crippen MR) is 91.3 cm³/mol. The average Bonchev–Trinajstić information content (AvgIpc) is 2.90. The molecule has 0 fully saturated rings. The summed E-state index contributed by atoms with van der Waals surface area (Å²) in [4.78, 5) is 33.9. The second-order valence-corrected chi connectivity index (χ2v) is 6.99. The van der Waals surface area contributed by atoms with Crippen molar-refractivity contribution in [2.24, 2.45) is 5.92 Å². The normalized spacial score (nSPS) is 16.5. The van der Waals surface area contributed by atoms with Gasteiger partial charge in [-0.3, -0.25) is 10.1 Å². The van der Waals surface area contributed by atoms with Crippen LogP contribution in [0.15, 0.2) is 6.33 Å². The summed E-state index contributed by atoms with van der Waals surface area (Å²) in [7, 11) is 0. The van der Waals surface area contributed by atoms with Gasteiger partial charge in [0.25, 0.3) is 5.91 Å². The van der Waals surface area contributed by atoms with Crippen molar-refractivity contribution >= 4 is 33.5 Å². The standard InChI is InChI=1S/C16H20N4O3S/c1-3-17-16(22)20-12(21)7-23-14-13-10-5-4-9(2)6-11(10)24-15(13)19-8-18-14/h8-9H,3-7H2,1-2H3,(H2,17,20,21,22)/t9-/m0/s1. The van der Waals surface area contributed by atoms with Crippen molar-refractivity contribution in [3.63, 3.8) is 0 Å². The van der Waals surface area contributed by atoms with Crippen LogP contribution in [-0.2, 0) is 17.6 Å². The Morgan fingerprint density at radius 1 is 1.42 bits per heavy atom. The van der Waals surface area contributed by atoms with Crippen molar-refractivity contribution in [1.82, 2.24) is 20.6 Å². The summed E-state index contributed by atoms with van der Waals surface area (Å²) in [6.45, 7) is 4.22. The summed E-state index contributed by atoms with van der Waals surface area (Å²) in [6.07, 6.45) is 4.61.